The van der Waals surface area contributed by atoms with Crippen molar-refractivity contribution in [2.45, 2.75) is 45.2 Å². The second-order valence-electron chi connectivity index (χ2n) is 10.3. The number of sulfonamides is 1. The number of anilines is 1. The van der Waals surface area contributed by atoms with Gasteiger partial charge in [0.15, 0.2) is 11.5 Å². The first kappa shape index (κ1) is 32.9. The first-order valence-electron chi connectivity index (χ1n) is 13.5. The number of benzene rings is 3. The van der Waals surface area contributed by atoms with Crippen molar-refractivity contribution in [3.63, 3.8) is 0 Å². The Labute approximate surface area is 257 Å². The molecule has 3 aromatic carbocycles. The van der Waals surface area contributed by atoms with E-state index in [1.807, 2.05) is 45.0 Å². The van der Waals surface area contributed by atoms with Crippen molar-refractivity contribution in [3.8, 4) is 11.5 Å². The summed E-state index contributed by atoms with van der Waals surface area (Å²) in [6.45, 7) is 7.44. The van der Waals surface area contributed by atoms with Crippen molar-refractivity contribution in [2.75, 3.05) is 31.6 Å². The van der Waals surface area contributed by atoms with Crippen LogP contribution in [0, 0.1) is 12.8 Å². The van der Waals surface area contributed by atoms with Gasteiger partial charge in [0.25, 0.3) is 10.0 Å². The maximum absolute atomic E-state index is 14.1. The summed E-state index contributed by atoms with van der Waals surface area (Å²) in [6, 6.07) is 17.6. The predicted molar refractivity (Wildman–Crippen MR) is 167 cm³/mol. The molecule has 0 aromatic heterocycles. The molecule has 226 valence electrons. The maximum Gasteiger partial charge on any atom is 0.264 e. The summed E-state index contributed by atoms with van der Waals surface area (Å²) < 4.78 is 40.7. The van der Waals surface area contributed by atoms with E-state index >= 15 is 0 Å². The molecule has 0 fully saturated rings. The van der Waals surface area contributed by atoms with E-state index in [1.165, 1.54) is 37.3 Å². The largest absolute Gasteiger partial charge is 0.493 e. The lowest BCUT2D eigenvalue weighted by Gasteiger charge is -2.32. The van der Waals surface area contributed by atoms with E-state index in [0.29, 0.717) is 18.0 Å². The number of methoxy groups -OCH3 is 2. The SMILES string of the molecule is COc1ccc(N(CC(=O)N(Cc2cccc(Br)c2)[C@H](C)C(=O)NCC(C)C)S(=O)(=O)c2ccc(C)cc2)cc1OC. The quantitative estimate of drug-likeness (QED) is 0.272. The predicted octanol–water partition coefficient (Wildman–Crippen LogP) is 5.16. The fourth-order valence-corrected chi connectivity index (χ4v) is 6.07. The smallest absolute Gasteiger partial charge is 0.264 e. The van der Waals surface area contributed by atoms with Crippen molar-refractivity contribution in [2.24, 2.45) is 5.92 Å². The van der Waals surface area contributed by atoms with Crippen LogP contribution in [-0.2, 0) is 26.2 Å². The molecule has 0 aliphatic heterocycles. The van der Waals surface area contributed by atoms with Gasteiger partial charge in [-0.2, -0.15) is 0 Å². The second-order valence-corrected chi connectivity index (χ2v) is 13.1. The molecule has 9 nitrogen and oxygen atoms in total. The highest BCUT2D eigenvalue weighted by Crippen LogP contribution is 2.34. The van der Waals surface area contributed by atoms with E-state index in [1.54, 1.807) is 31.2 Å². The number of nitrogens with zero attached hydrogens (tertiary/aromatic N) is 2. The third kappa shape index (κ3) is 8.25. The second kappa shape index (κ2) is 14.6. The molecule has 0 aliphatic rings. The molecular weight excluding hydrogens is 622 g/mol. The fraction of sp³-hybridized carbons (Fsp3) is 0.355. The number of carbonyl (C=O) groups excluding carboxylic acids is 2. The summed E-state index contributed by atoms with van der Waals surface area (Å²) in [4.78, 5) is 28.6. The molecular formula is C31H38BrN3O6S. The molecule has 0 radical (unpaired) electrons. The van der Waals surface area contributed by atoms with Crippen LogP contribution < -0.4 is 19.1 Å². The number of aryl methyl sites for hydroxylation is 1. The van der Waals surface area contributed by atoms with Crippen LogP contribution in [0.5, 0.6) is 11.5 Å². The van der Waals surface area contributed by atoms with Gasteiger partial charge in [-0.3, -0.25) is 13.9 Å². The number of hydrogen-bond acceptors (Lipinski definition) is 6. The van der Waals surface area contributed by atoms with E-state index in [-0.39, 0.29) is 29.0 Å². The highest BCUT2D eigenvalue weighted by molar-refractivity contribution is 9.10. The molecule has 0 aliphatic carbocycles. The summed E-state index contributed by atoms with van der Waals surface area (Å²) in [5, 5.41) is 2.88. The topological polar surface area (TPSA) is 105 Å². The van der Waals surface area contributed by atoms with Crippen LogP contribution in [0.1, 0.15) is 31.9 Å². The molecule has 0 unspecified atom stereocenters. The van der Waals surface area contributed by atoms with Crippen LogP contribution in [0.25, 0.3) is 0 Å². The summed E-state index contributed by atoms with van der Waals surface area (Å²) in [5.41, 5.74) is 1.88. The average Bonchev–Trinajstić information content (AvgIpc) is 2.96. The summed E-state index contributed by atoms with van der Waals surface area (Å²) in [7, 11) is -1.28. The number of ether oxygens (including phenoxy) is 2. The van der Waals surface area contributed by atoms with Gasteiger partial charge >= 0.3 is 0 Å². The van der Waals surface area contributed by atoms with Crippen LogP contribution in [-0.4, -0.2) is 58.5 Å². The third-order valence-corrected chi connectivity index (χ3v) is 8.92. The molecule has 3 aromatic rings. The van der Waals surface area contributed by atoms with E-state index < -0.39 is 28.5 Å². The van der Waals surface area contributed by atoms with Gasteiger partial charge in [-0.05, 0) is 61.7 Å². The number of halogens is 1. The van der Waals surface area contributed by atoms with Crippen LogP contribution >= 0.6 is 15.9 Å². The zero-order valence-electron chi connectivity index (χ0n) is 24.8. The van der Waals surface area contributed by atoms with Crippen molar-refractivity contribution in [1.82, 2.24) is 10.2 Å². The Kier molecular flexibility index (Phi) is 11.4. The molecule has 0 bridgehead atoms. The van der Waals surface area contributed by atoms with Gasteiger partial charge in [0.05, 0.1) is 24.8 Å². The van der Waals surface area contributed by atoms with Crippen molar-refractivity contribution < 1.29 is 27.5 Å². The minimum Gasteiger partial charge on any atom is -0.493 e. The number of hydrogen-bond donors (Lipinski definition) is 1. The molecule has 1 N–H and O–H groups in total. The first-order chi connectivity index (χ1) is 19.9. The van der Waals surface area contributed by atoms with Gasteiger partial charge in [-0.1, -0.05) is 59.6 Å². The van der Waals surface area contributed by atoms with Gasteiger partial charge < -0.3 is 19.7 Å². The summed E-state index contributed by atoms with van der Waals surface area (Å²) in [6.07, 6.45) is 0. The van der Waals surface area contributed by atoms with Gasteiger partial charge in [-0.15, -0.1) is 0 Å². The summed E-state index contributed by atoms with van der Waals surface area (Å²) >= 11 is 3.46. The Morgan fingerprint density at radius 2 is 1.60 bits per heavy atom. The number of nitrogens with one attached hydrogen (secondary N) is 1. The lowest BCUT2D eigenvalue weighted by molar-refractivity contribution is -0.139. The Morgan fingerprint density at radius 3 is 2.19 bits per heavy atom. The van der Waals surface area contributed by atoms with Gasteiger partial charge in [0, 0.05) is 23.6 Å². The Bertz CT molecular complexity index is 1490. The number of carbonyl (C=O) groups is 2. The average molecular weight is 661 g/mol. The van der Waals surface area contributed by atoms with Gasteiger partial charge in [0.1, 0.15) is 12.6 Å². The van der Waals surface area contributed by atoms with Crippen molar-refractivity contribution >= 4 is 43.5 Å². The molecule has 42 heavy (non-hydrogen) atoms. The van der Waals surface area contributed by atoms with Crippen LogP contribution in [0.2, 0.25) is 0 Å². The van der Waals surface area contributed by atoms with E-state index in [4.69, 9.17) is 9.47 Å². The Morgan fingerprint density at radius 1 is 0.929 bits per heavy atom. The fourth-order valence-electron chi connectivity index (χ4n) is 4.21. The molecule has 0 heterocycles. The molecule has 0 saturated heterocycles. The molecule has 11 heteroatoms. The van der Waals surface area contributed by atoms with Crippen LogP contribution in [0.15, 0.2) is 76.1 Å². The lowest BCUT2D eigenvalue weighted by Crippen LogP contribution is -2.51. The third-order valence-electron chi connectivity index (χ3n) is 6.64. The first-order valence-corrected chi connectivity index (χ1v) is 15.7. The van der Waals surface area contributed by atoms with Crippen molar-refractivity contribution in [1.29, 1.82) is 0 Å². The monoisotopic (exact) mass is 659 g/mol. The molecule has 0 saturated carbocycles. The Hall–Kier alpha value is -3.57. The van der Waals surface area contributed by atoms with Crippen LogP contribution in [0.4, 0.5) is 5.69 Å². The van der Waals surface area contributed by atoms with E-state index in [9.17, 15) is 18.0 Å². The molecule has 1 atom stereocenters. The highest BCUT2D eigenvalue weighted by Gasteiger charge is 2.33. The Balaban J connectivity index is 2.07. The van der Waals surface area contributed by atoms with E-state index in [2.05, 4.69) is 21.2 Å². The highest BCUT2D eigenvalue weighted by atomic mass is 79.9. The number of amides is 2. The normalized spacial score (nSPS) is 12.0. The minimum atomic E-state index is -4.21. The zero-order valence-corrected chi connectivity index (χ0v) is 27.2. The lowest BCUT2D eigenvalue weighted by atomic mass is 10.1. The molecule has 0 spiro atoms. The van der Waals surface area contributed by atoms with Gasteiger partial charge in [0.2, 0.25) is 11.8 Å². The van der Waals surface area contributed by atoms with Crippen molar-refractivity contribution in [3.05, 3.63) is 82.3 Å². The zero-order chi connectivity index (χ0) is 31.0. The maximum atomic E-state index is 14.1. The number of rotatable bonds is 13. The minimum absolute atomic E-state index is 0.0250. The van der Waals surface area contributed by atoms with E-state index in [0.717, 1.165) is 19.9 Å². The molecule has 2 amide bonds. The summed E-state index contributed by atoms with van der Waals surface area (Å²) in [5.74, 6) is 0.0558. The molecule has 3 rings (SSSR count). The van der Waals surface area contributed by atoms with Gasteiger partial charge in [-0.25, -0.2) is 8.42 Å². The standard InChI is InChI=1S/C31H38BrN3O6S/c1-21(2)18-33-31(37)23(4)34(19-24-8-7-9-25(32)16-24)30(36)20-35(26-12-15-28(40-5)29(17-26)41-6)42(38,39)27-13-10-22(3)11-14-27/h7-17,21,23H,18-20H2,1-6H3,(H,33,37)/t23-/m1/s1. The van der Waals surface area contributed by atoms with Crippen LogP contribution in [0.3, 0.4) is 0 Å².